The van der Waals surface area contributed by atoms with Crippen molar-refractivity contribution in [3.63, 3.8) is 0 Å². The summed E-state index contributed by atoms with van der Waals surface area (Å²) >= 11 is 0. The molecule has 0 aromatic carbocycles. The largest absolute Gasteiger partial charge is 0.396 e. The van der Waals surface area contributed by atoms with Crippen LogP contribution in [0, 0.1) is 0 Å². The van der Waals surface area contributed by atoms with Crippen LogP contribution in [0.3, 0.4) is 0 Å². The highest BCUT2D eigenvalue weighted by Gasteiger charge is 2.39. The van der Waals surface area contributed by atoms with Gasteiger partial charge in [0.25, 0.3) is 0 Å². The topological polar surface area (TPSA) is 38.7 Å². The SMILES string of the molecule is C=CCC1OC(C)(C)OC1CCO. The lowest BCUT2D eigenvalue weighted by Crippen LogP contribution is -2.23. The van der Waals surface area contributed by atoms with E-state index in [1.807, 2.05) is 19.9 Å². The predicted molar refractivity (Wildman–Crippen MR) is 50.3 cm³/mol. The van der Waals surface area contributed by atoms with Gasteiger partial charge in [-0.1, -0.05) is 6.08 Å². The van der Waals surface area contributed by atoms with Crippen molar-refractivity contribution in [1.82, 2.24) is 0 Å². The van der Waals surface area contributed by atoms with Crippen molar-refractivity contribution in [2.24, 2.45) is 0 Å². The standard InChI is InChI=1S/C10H18O3/c1-4-5-8-9(6-7-11)13-10(2,3)12-8/h4,8-9,11H,1,5-7H2,2-3H3. The number of aliphatic hydroxyl groups excluding tert-OH is 1. The van der Waals surface area contributed by atoms with E-state index in [0.717, 1.165) is 6.42 Å². The lowest BCUT2D eigenvalue weighted by Gasteiger charge is -2.16. The average Bonchev–Trinajstić information content (AvgIpc) is 2.28. The molecule has 1 aliphatic heterocycles. The molecule has 0 radical (unpaired) electrons. The second kappa shape index (κ2) is 4.22. The zero-order valence-electron chi connectivity index (χ0n) is 8.32. The maximum absolute atomic E-state index is 8.82. The summed E-state index contributed by atoms with van der Waals surface area (Å²) in [5.74, 6) is -0.520. The van der Waals surface area contributed by atoms with Crippen molar-refractivity contribution in [2.45, 2.75) is 44.7 Å². The molecule has 76 valence electrons. The molecule has 3 heteroatoms. The average molecular weight is 186 g/mol. The van der Waals surface area contributed by atoms with E-state index in [1.165, 1.54) is 0 Å². The second-order valence-electron chi connectivity index (χ2n) is 3.75. The highest BCUT2D eigenvalue weighted by molar-refractivity contribution is 4.86. The molecular weight excluding hydrogens is 168 g/mol. The zero-order chi connectivity index (χ0) is 9.90. The first-order valence-electron chi connectivity index (χ1n) is 4.66. The summed E-state index contributed by atoms with van der Waals surface area (Å²) in [5, 5.41) is 8.82. The van der Waals surface area contributed by atoms with Gasteiger partial charge in [-0.15, -0.1) is 6.58 Å². The van der Waals surface area contributed by atoms with Crippen molar-refractivity contribution in [1.29, 1.82) is 0 Å². The number of ether oxygens (including phenoxy) is 2. The van der Waals surface area contributed by atoms with Crippen LogP contribution in [0.5, 0.6) is 0 Å². The zero-order valence-corrected chi connectivity index (χ0v) is 8.32. The molecule has 0 aliphatic carbocycles. The minimum atomic E-state index is -0.520. The van der Waals surface area contributed by atoms with E-state index < -0.39 is 5.79 Å². The fraction of sp³-hybridized carbons (Fsp3) is 0.800. The fourth-order valence-corrected chi connectivity index (χ4v) is 1.64. The molecule has 0 spiro atoms. The lowest BCUT2D eigenvalue weighted by molar-refractivity contribution is -0.146. The molecule has 1 fully saturated rings. The van der Waals surface area contributed by atoms with Gasteiger partial charge in [0.1, 0.15) is 0 Å². The second-order valence-corrected chi connectivity index (χ2v) is 3.75. The van der Waals surface area contributed by atoms with Crippen LogP contribution in [-0.2, 0) is 9.47 Å². The maximum atomic E-state index is 8.82. The molecule has 1 N–H and O–H groups in total. The van der Waals surface area contributed by atoms with Crippen LogP contribution >= 0.6 is 0 Å². The minimum Gasteiger partial charge on any atom is -0.396 e. The van der Waals surface area contributed by atoms with E-state index >= 15 is 0 Å². The Morgan fingerprint density at radius 3 is 2.54 bits per heavy atom. The van der Waals surface area contributed by atoms with Gasteiger partial charge in [-0.05, 0) is 26.7 Å². The van der Waals surface area contributed by atoms with Gasteiger partial charge in [0, 0.05) is 6.61 Å². The lowest BCUT2D eigenvalue weighted by atomic mass is 10.1. The first-order chi connectivity index (χ1) is 6.09. The Morgan fingerprint density at radius 1 is 1.38 bits per heavy atom. The monoisotopic (exact) mass is 186 g/mol. The van der Waals surface area contributed by atoms with Gasteiger partial charge in [0.05, 0.1) is 12.2 Å². The molecule has 0 amide bonds. The Labute approximate surface area is 79.3 Å². The molecule has 1 heterocycles. The van der Waals surface area contributed by atoms with E-state index in [0.29, 0.717) is 6.42 Å². The highest BCUT2D eigenvalue weighted by atomic mass is 16.7. The Morgan fingerprint density at radius 2 is 2.00 bits per heavy atom. The van der Waals surface area contributed by atoms with Crippen LogP contribution in [0.25, 0.3) is 0 Å². The third-order valence-electron chi connectivity index (χ3n) is 2.10. The van der Waals surface area contributed by atoms with Crippen molar-refractivity contribution >= 4 is 0 Å². The van der Waals surface area contributed by atoms with E-state index in [4.69, 9.17) is 14.6 Å². The van der Waals surface area contributed by atoms with Crippen LogP contribution in [0.4, 0.5) is 0 Å². The molecule has 0 saturated carbocycles. The van der Waals surface area contributed by atoms with Gasteiger partial charge in [-0.2, -0.15) is 0 Å². The normalized spacial score (nSPS) is 31.9. The van der Waals surface area contributed by atoms with Crippen LogP contribution in [0.1, 0.15) is 26.7 Å². The summed E-state index contributed by atoms with van der Waals surface area (Å²) in [6, 6.07) is 0. The number of hydrogen-bond donors (Lipinski definition) is 1. The molecule has 1 aliphatic rings. The highest BCUT2D eigenvalue weighted by Crippen LogP contribution is 2.31. The molecule has 13 heavy (non-hydrogen) atoms. The molecule has 3 nitrogen and oxygen atoms in total. The summed E-state index contributed by atoms with van der Waals surface area (Å²) in [4.78, 5) is 0. The van der Waals surface area contributed by atoms with Crippen LogP contribution < -0.4 is 0 Å². The smallest absolute Gasteiger partial charge is 0.163 e. The van der Waals surface area contributed by atoms with Gasteiger partial charge in [-0.25, -0.2) is 0 Å². The van der Waals surface area contributed by atoms with Crippen LogP contribution in [0.2, 0.25) is 0 Å². The molecular formula is C10H18O3. The number of aliphatic hydroxyl groups is 1. The quantitative estimate of drug-likeness (QED) is 0.676. The summed E-state index contributed by atoms with van der Waals surface area (Å²) < 4.78 is 11.3. The third-order valence-corrected chi connectivity index (χ3v) is 2.10. The first-order valence-corrected chi connectivity index (χ1v) is 4.66. The van der Waals surface area contributed by atoms with Crippen molar-refractivity contribution in [3.05, 3.63) is 12.7 Å². The molecule has 0 bridgehead atoms. The first kappa shape index (κ1) is 10.7. The Hall–Kier alpha value is -0.380. The summed E-state index contributed by atoms with van der Waals surface area (Å²) in [6.07, 6.45) is 3.26. The predicted octanol–water partition coefficient (Wildman–Crippen LogP) is 1.46. The fourth-order valence-electron chi connectivity index (χ4n) is 1.64. The van der Waals surface area contributed by atoms with Crippen molar-refractivity contribution in [3.8, 4) is 0 Å². The van der Waals surface area contributed by atoms with Crippen molar-refractivity contribution < 1.29 is 14.6 Å². The van der Waals surface area contributed by atoms with Gasteiger partial charge in [0.2, 0.25) is 0 Å². The van der Waals surface area contributed by atoms with Crippen molar-refractivity contribution in [2.75, 3.05) is 6.61 Å². The number of rotatable bonds is 4. The number of hydrogen-bond acceptors (Lipinski definition) is 3. The van der Waals surface area contributed by atoms with Crippen LogP contribution in [-0.4, -0.2) is 29.7 Å². The Bertz CT molecular complexity index is 177. The molecule has 1 saturated heterocycles. The van der Waals surface area contributed by atoms with Gasteiger partial charge < -0.3 is 14.6 Å². The van der Waals surface area contributed by atoms with Crippen LogP contribution in [0.15, 0.2) is 12.7 Å². The van der Waals surface area contributed by atoms with Gasteiger partial charge >= 0.3 is 0 Å². The Balaban J connectivity index is 2.54. The summed E-state index contributed by atoms with van der Waals surface area (Å²) in [7, 11) is 0. The van der Waals surface area contributed by atoms with E-state index in [2.05, 4.69) is 6.58 Å². The van der Waals surface area contributed by atoms with Gasteiger partial charge in [-0.3, -0.25) is 0 Å². The molecule has 2 unspecified atom stereocenters. The molecule has 0 aromatic rings. The Kier molecular flexibility index (Phi) is 3.47. The molecule has 0 aromatic heterocycles. The molecule has 1 rings (SSSR count). The molecule has 2 atom stereocenters. The summed E-state index contributed by atoms with van der Waals surface area (Å²) in [5.41, 5.74) is 0. The van der Waals surface area contributed by atoms with Gasteiger partial charge in [0.15, 0.2) is 5.79 Å². The summed E-state index contributed by atoms with van der Waals surface area (Å²) in [6.45, 7) is 7.58. The minimum absolute atomic E-state index is 0.00185. The van der Waals surface area contributed by atoms with E-state index in [-0.39, 0.29) is 18.8 Å². The maximum Gasteiger partial charge on any atom is 0.163 e. The third kappa shape index (κ3) is 2.79. The van der Waals surface area contributed by atoms with E-state index in [1.54, 1.807) is 0 Å². The van der Waals surface area contributed by atoms with E-state index in [9.17, 15) is 0 Å².